The van der Waals surface area contributed by atoms with E-state index in [1.807, 2.05) is 37.4 Å². The lowest BCUT2D eigenvalue weighted by Crippen LogP contribution is -2.31. The fraction of sp³-hybridized carbons (Fsp3) is 0.172. The van der Waals surface area contributed by atoms with Crippen LogP contribution in [0.4, 0.5) is 4.39 Å². The maximum Gasteiger partial charge on any atom is 0.295 e. The fourth-order valence-electron chi connectivity index (χ4n) is 4.71. The van der Waals surface area contributed by atoms with Crippen molar-refractivity contribution >= 4 is 28.4 Å². The molecule has 0 bridgehead atoms. The molecule has 0 unspecified atom stereocenters. The quantitative estimate of drug-likeness (QED) is 0.210. The number of para-hydroxylation sites is 1. The number of ether oxygens (including phenoxy) is 1. The molecule has 1 aromatic heterocycles. The van der Waals surface area contributed by atoms with Crippen LogP contribution in [0.25, 0.3) is 16.7 Å². The summed E-state index contributed by atoms with van der Waals surface area (Å²) in [6.07, 6.45) is 2.39. The first kappa shape index (κ1) is 23.4. The molecular formula is C29H25FN2O4. The number of nitrogens with one attached hydrogen (secondary N) is 1. The van der Waals surface area contributed by atoms with Gasteiger partial charge in [0.2, 0.25) is 0 Å². The van der Waals surface area contributed by atoms with Crippen LogP contribution in [0.5, 0.6) is 5.75 Å². The van der Waals surface area contributed by atoms with E-state index in [0.717, 1.165) is 16.5 Å². The van der Waals surface area contributed by atoms with Gasteiger partial charge in [0.05, 0.1) is 18.2 Å². The van der Waals surface area contributed by atoms with Crippen molar-refractivity contribution < 1.29 is 23.8 Å². The Morgan fingerprint density at radius 2 is 1.75 bits per heavy atom. The number of likely N-dealkylation sites (tertiary alicyclic amines) is 1. The van der Waals surface area contributed by atoms with Crippen LogP contribution in [0, 0.1) is 5.82 Å². The van der Waals surface area contributed by atoms with Gasteiger partial charge in [-0.2, -0.15) is 0 Å². The molecule has 36 heavy (non-hydrogen) atoms. The number of ketones is 1. The van der Waals surface area contributed by atoms with Crippen molar-refractivity contribution in [2.75, 3.05) is 13.2 Å². The topological polar surface area (TPSA) is 82.6 Å². The summed E-state index contributed by atoms with van der Waals surface area (Å²) in [5.74, 6) is -1.55. The van der Waals surface area contributed by atoms with E-state index in [2.05, 4.69) is 4.98 Å². The first-order valence-corrected chi connectivity index (χ1v) is 11.8. The van der Waals surface area contributed by atoms with E-state index in [1.54, 1.807) is 24.3 Å². The monoisotopic (exact) mass is 484 g/mol. The van der Waals surface area contributed by atoms with Gasteiger partial charge in [-0.15, -0.1) is 0 Å². The molecule has 1 aliphatic rings. The van der Waals surface area contributed by atoms with E-state index in [4.69, 9.17) is 4.74 Å². The van der Waals surface area contributed by atoms with Gasteiger partial charge in [0.15, 0.2) is 0 Å². The van der Waals surface area contributed by atoms with Gasteiger partial charge in [-0.05, 0) is 66.9 Å². The minimum absolute atomic E-state index is 0.0188. The number of carbonyl (C=O) groups is 2. The van der Waals surface area contributed by atoms with E-state index >= 15 is 0 Å². The van der Waals surface area contributed by atoms with Gasteiger partial charge in [0.1, 0.15) is 17.3 Å². The molecule has 3 aromatic carbocycles. The van der Waals surface area contributed by atoms with Crippen LogP contribution in [0.1, 0.15) is 29.7 Å². The van der Waals surface area contributed by atoms with Crippen LogP contribution in [-0.4, -0.2) is 39.8 Å². The summed E-state index contributed by atoms with van der Waals surface area (Å²) >= 11 is 0. The standard InChI is InChI=1S/C29H25FN2O4/c1-2-36-22-13-9-19(10-14-22)27(33)25-26(18-7-11-21(30)12-8-18)32(29(35)28(25)34)16-15-20-17-31-24-6-4-3-5-23(20)24/h3-14,17,26,31,33H,2,15-16H2,1H3/t26-/m0/s1. The Morgan fingerprint density at radius 1 is 1.03 bits per heavy atom. The van der Waals surface area contributed by atoms with Crippen molar-refractivity contribution in [3.8, 4) is 5.75 Å². The number of aliphatic hydroxyl groups is 1. The number of rotatable bonds is 7. The highest BCUT2D eigenvalue weighted by Gasteiger charge is 2.45. The normalized spacial score (nSPS) is 17.2. The number of aromatic amines is 1. The predicted molar refractivity (Wildman–Crippen MR) is 135 cm³/mol. The zero-order valence-corrected chi connectivity index (χ0v) is 19.7. The third-order valence-electron chi connectivity index (χ3n) is 6.46. The van der Waals surface area contributed by atoms with Crippen molar-refractivity contribution in [3.63, 3.8) is 0 Å². The highest BCUT2D eigenvalue weighted by atomic mass is 19.1. The van der Waals surface area contributed by atoms with Gasteiger partial charge in [-0.3, -0.25) is 9.59 Å². The number of aromatic nitrogens is 1. The van der Waals surface area contributed by atoms with E-state index < -0.39 is 23.5 Å². The van der Waals surface area contributed by atoms with Crippen LogP contribution in [0.3, 0.4) is 0 Å². The molecule has 0 saturated carbocycles. The van der Waals surface area contributed by atoms with E-state index in [1.165, 1.54) is 29.2 Å². The smallest absolute Gasteiger partial charge is 0.295 e. The molecule has 0 spiro atoms. The second kappa shape index (κ2) is 9.70. The Morgan fingerprint density at radius 3 is 2.47 bits per heavy atom. The number of fused-ring (bicyclic) bond motifs is 1. The summed E-state index contributed by atoms with van der Waals surface area (Å²) in [5, 5.41) is 12.2. The summed E-state index contributed by atoms with van der Waals surface area (Å²) in [6, 6.07) is 19.3. The van der Waals surface area contributed by atoms with Crippen LogP contribution >= 0.6 is 0 Å². The highest BCUT2D eigenvalue weighted by Crippen LogP contribution is 2.39. The molecule has 2 heterocycles. The van der Waals surface area contributed by atoms with Gasteiger partial charge < -0.3 is 19.7 Å². The average Bonchev–Trinajstić information content (AvgIpc) is 3.42. The van der Waals surface area contributed by atoms with E-state index in [-0.39, 0.29) is 17.9 Å². The summed E-state index contributed by atoms with van der Waals surface area (Å²) in [5.41, 5.74) is 2.91. The fourth-order valence-corrected chi connectivity index (χ4v) is 4.71. The Labute approximate surface area is 207 Å². The number of hydrogen-bond acceptors (Lipinski definition) is 4. The second-order valence-corrected chi connectivity index (χ2v) is 8.61. The highest BCUT2D eigenvalue weighted by molar-refractivity contribution is 6.46. The number of nitrogens with zero attached hydrogens (tertiary/aromatic N) is 1. The number of benzene rings is 3. The number of aliphatic hydroxyl groups excluding tert-OH is 1. The molecule has 1 fully saturated rings. The minimum atomic E-state index is -0.845. The lowest BCUT2D eigenvalue weighted by molar-refractivity contribution is -0.139. The molecule has 0 radical (unpaired) electrons. The van der Waals surface area contributed by atoms with Crippen LogP contribution in [0.15, 0.2) is 84.6 Å². The Kier molecular flexibility index (Phi) is 6.29. The van der Waals surface area contributed by atoms with Crippen molar-refractivity contribution in [2.45, 2.75) is 19.4 Å². The van der Waals surface area contributed by atoms with Gasteiger partial charge in [-0.1, -0.05) is 30.3 Å². The maximum absolute atomic E-state index is 13.7. The largest absolute Gasteiger partial charge is 0.507 e. The molecular weight excluding hydrogens is 459 g/mol. The molecule has 182 valence electrons. The van der Waals surface area contributed by atoms with Gasteiger partial charge in [0.25, 0.3) is 11.7 Å². The number of hydrogen-bond donors (Lipinski definition) is 2. The van der Waals surface area contributed by atoms with Crippen molar-refractivity contribution in [3.05, 3.63) is 107 Å². The SMILES string of the molecule is CCOc1ccc(C(O)=C2C(=O)C(=O)N(CCc3c[nH]c4ccccc34)[C@H]2c2ccc(F)cc2)cc1. The molecule has 4 aromatic rings. The lowest BCUT2D eigenvalue weighted by Gasteiger charge is -2.25. The summed E-state index contributed by atoms with van der Waals surface area (Å²) < 4.78 is 19.2. The molecule has 2 N–H and O–H groups in total. The van der Waals surface area contributed by atoms with Gasteiger partial charge in [-0.25, -0.2) is 4.39 Å². The molecule has 1 aliphatic heterocycles. The van der Waals surface area contributed by atoms with E-state index in [9.17, 15) is 19.1 Å². The third kappa shape index (κ3) is 4.24. The number of amides is 1. The van der Waals surface area contributed by atoms with Crippen molar-refractivity contribution in [1.29, 1.82) is 0 Å². The van der Waals surface area contributed by atoms with Crippen LogP contribution in [-0.2, 0) is 16.0 Å². The number of carbonyl (C=O) groups excluding carboxylic acids is 2. The summed E-state index contributed by atoms with van der Waals surface area (Å²) in [4.78, 5) is 31.1. The predicted octanol–water partition coefficient (Wildman–Crippen LogP) is 5.37. The number of H-pyrrole nitrogens is 1. The molecule has 6 nitrogen and oxygen atoms in total. The molecule has 1 atom stereocenters. The Balaban J connectivity index is 1.54. The number of halogens is 1. The van der Waals surface area contributed by atoms with Gasteiger partial charge >= 0.3 is 0 Å². The minimum Gasteiger partial charge on any atom is -0.507 e. The summed E-state index contributed by atoms with van der Waals surface area (Å²) in [7, 11) is 0. The number of Topliss-reactive ketones (excluding diaryl/α,β-unsaturated/α-hetero) is 1. The average molecular weight is 485 g/mol. The van der Waals surface area contributed by atoms with Crippen LogP contribution < -0.4 is 4.74 Å². The first-order chi connectivity index (χ1) is 17.5. The second-order valence-electron chi connectivity index (χ2n) is 8.61. The zero-order chi connectivity index (χ0) is 25.2. The van der Waals surface area contributed by atoms with Crippen LogP contribution in [0.2, 0.25) is 0 Å². The Bertz CT molecular complexity index is 1450. The lowest BCUT2D eigenvalue weighted by atomic mass is 9.95. The molecule has 1 saturated heterocycles. The third-order valence-corrected chi connectivity index (χ3v) is 6.46. The Hall–Kier alpha value is -4.39. The summed E-state index contributed by atoms with van der Waals surface area (Å²) in [6.45, 7) is 2.61. The molecule has 7 heteroatoms. The zero-order valence-electron chi connectivity index (χ0n) is 19.7. The molecule has 1 amide bonds. The molecule has 0 aliphatic carbocycles. The maximum atomic E-state index is 13.7. The first-order valence-electron chi connectivity index (χ1n) is 11.8. The van der Waals surface area contributed by atoms with Crippen molar-refractivity contribution in [2.24, 2.45) is 0 Å². The molecule has 5 rings (SSSR count). The van der Waals surface area contributed by atoms with E-state index in [0.29, 0.717) is 29.9 Å². The van der Waals surface area contributed by atoms with Gasteiger partial charge in [0, 0.05) is 29.2 Å². The van der Waals surface area contributed by atoms with Crippen molar-refractivity contribution in [1.82, 2.24) is 9.88 Å².